The first-order valence-corrected chi connectivity index (χ1v) is 10.5. The van der Waals surface area contributed by atoms with Crippen molar-refractivity contribution in [2.45, 2.75) is 12.2 Å². The second kappa shape index (κ2) is 10.5. The zero-order valence-corrected chi connectivity index (χ0v) is 18.3. The SMILES string of the molecule is COc1ccc(OC)c(NC(=O)CSC(C)c2nc(N)nc(Nc3ccccc3)n2)c1. The summed E-state index contributed by atoms with van der Waals surface area (Å²) in [5, 5.41) is 5.77. The van der Waals surface area contributed by atoms with Crippen LogP contribution in [0.15, 0.2) is 48.5 Å². The smallest absolute Gasteiger partial charge is 0.234 e. The maximum Gasteiger partial charge on any atom is 0.234 e. The molecule has 0 radical (unpaired) electrons. The zero-order valence-electron chi connectivity index (χ0n) is 17.5. The number of nitrogen functional groups attached to an aromatic ring is 1. The van der Waals surface area contributed by atoms with Gasteiger partial charge in [0.2, 0.25) is 17.8 Å². The van der Waals surface area contributed by atoms with Crippen molar-refractivity contribution in [3.05, 3.63) is 54.4 Å². The number of aromatic nitrogens is 3. The number of para-hydroxylation sites is 1. The van der Waals surface area contributed by atoms with E-state index in [0.717, 1.165) is 5.69 Å². The minimum Gasteiger partial charge on any atom is -0.497 e. The quantitative estimate of drug-likeness (QED) is 0.457. The van der Waals surface area contributed by atoms with Crippen LogP contribution in [0, 0.1) is 0 Å². The number of carbonyl (C=O) groups is 1. The molecule has 0 bridgehead atoms. The van der Waals surface area contributed by atoms with E-state index in [-0.39, 0.29) is 22.9 Å². The number of hydrogen-bond acceptors (Lipinski definition) is 9. The van der Waals surface area contributed by atoms with Gasteiger partial charge in [-0.2, -0.15) is 15.0 Å². The highest BCUT2D eigenvalue weighted by Crippen LogP contribution is 2.30. The number of hydrogen-bond donors (Lipinski definition) is 3. The van der Waals surface area contributed by atoms with Crippen molar-refractivity contribution in [3.8, 4) is 11.5 Å². The number of nitrogens with zero attached hydrogens (tertiary/aromatic N) is 3. The Kier molecular flexibility index (Phi) is 7.50. The topological polar surface area (TPSA) is 124 Å². The van der Waals surface area contributed by atoms with Crippen LogP contribution in [0.25, 0.3) is 0 Å². The Labute approximate surface area is 184 Å². The molecule has 0 aliphatic rings. The molecule has 9 nitrogen and oxygen atoms in total. The summed E-state index contributed by atoms with van der Waals surface area (Å²) >= 11 is 1.38. The molecule has 4 N–H and O–H groups in total. The Bertz CT molecular complexity index is 1030. The predicted octanol–water partition coefficient (Wildman–Crippen LogP) is 3.65. The van der Waals surface area contributed by atoms with Crippen LogP contribution in [0.1, 0.15) is 18.0 Å². The van der Waals surface area contributed by atoms with Gasteiger partial charge in [-0.15, -0.1) is 11.8 Å². The van der Waals surface area contributed by atoms with Crippen LogP contribution in [-0.2, 0) is 4.79 Å². The highest BCUT2D eigenvalue weighted by molar-refractivity contribution is 8.00. The maximum absolute atomic E-state index is 12.5. The third kappa shape index (κ3) is 6.22. The number of nitrogens with one attached hydrogen (secondary N) is 2. The fraction of sp³-hybridized carbons (Fsp3) is 0.238. The van der Waals surface area contributed by atoms with E-state index in [2.05, 4.69) is 25.6 Å². The summed E-state index contributed by atoms with van der Waals surface area (Å²) in [5.41, 5.74) is 7.23. The van der Waals surface area contributed by atoms with Gasteiger partial charge in [0, 0.05) is 11.8 Å². The van der Waals surface area contributed by atoms with Crippen molar-refractivity contribution in [2.75, 3.05) is 36.3 Å². The van der Waals surface area contributed by atoms with E-state index < -0.39 is 0 Å². The highest BCUT2D eigenvalue weighted by Gasteiger charge is 2.16. The number of nitrogens with two attached hydrogens (primary N) is 1. The van der Waals surface area contributed by atoms with Crippen LogP contribution in [0.3, 0.4) is 0 Å². The Morgan fingerprint density at radius 1 is 1.10 bits per heavy atom. The lowest BCUT2D eigenvalue weighted by Gasteiger charge is -2.14. The Hall–Kier alpha value is -3.53. The van der Waals surface area contributed by atoms with Crippen molar-refractivity contribution in [1.29, 1.82) is 0 Å². The first-order valence-electron chi connectivity index (χ1n) is 9.45. The van der Waals surface area contributed by atoms with Gasteiger partial charge < -0.3 is 25.8 Å². The summed E-state index contributed by atoms with van der Waals surface area (Å²) in [7, 11) is 3.10. The van der Waals surface area contributed by atoms with Gasteiger partial charge in [-0.1, -0.05) is 18.2 Å². The summed E-state index contributed by atoms with van der Waals surface area (Å²) < 4.78 is 10.5. The Morgan fingerprint density at radius 2 is 1.87 bits per heavy atom. The molecule has 0 spiro atoms. The van der Waals surface area contributed by atoms with Crippen molar-refractivity contribution >= 4 is 40.9 Å². The molecule has 162 valence electrons. The molecule has 1 aromatic heterocycles. The summed E-state index contributed by atoms with van der Waals surface area (Å²) in [6, 6.07) is 14.7. The van der Waals surface area contributed by atoms with E-state index in [1.165, 1.54) is 11.8 Å². The zero-order chi connectivity index (χ0) is 22.2. The molecule has 1 atom stereocenters. The fourth-order valence-electron chi connectivity index (χ4n) is 2.67. The summed E-state index contributed by atoms with van der Waals surface area (Å²) in [5.74, 6) is 2.13. The van der Waals surface area contributed by atoms with E-state index in [9.17, 15) is 4.79 Å². The lowest BCUT2D eigenvalue weighted by Crippen LogP contribution is -2.16. The van der Waals surface area contributed by atoms with Gasteiger partial charge in [0.15, 0.2) is 0 Å². The van der Waals surface area contributed by atoms with Gasteiger partial charge in [0.1, 0.15) is 17.3 Å². The maximum atomic E-state index is 12.5. The largest absolute Gasteiger partial charge is 0.497 e. The molecule has 0 saturated heterocycles. The molecule has 0 fully saturated rings. The van der Waals surface area contributed by atoms with Crippen LogP contribution in [0.4, 0.5) is 23.3 Å². The van der Waals surface area contributed by atoms with Gasteiger partial charge in [-0.25, -0.2) is 0 Å². The number of anilines is 4. The second-order valence-electron chi connectivity index (χ2n) is 6.43. The van der Waals surface area contributed by atoms with Crippen molar-refractivity contribution in [2.24, 2.45) is 0 Å². The first-order chi connectivity index (χ1) is 15.0. The normalized spacial score (nSPS) is 11.5. The van der Waals surface area contributed by atoms with Crippen LogP contribution < -0.4 is 25.8 Å². The molecule has 1 unspecified atom stereocenters. The fourth-order valence-corrected chi connectivity index (χ4v) is 3.40. The molecule has 31 heavy (non-hydrogen) atoms. The number of methoxy groups -OCH3 is 2. The summed E-state index contributed by atoms with van der Waals surface area (Å²) in [6.45, 7) is 1.91. The van der Waals surface area contributed by atoms with E-state index in [0.29, 0.717) is 29.0 Å². The standard InChI is InChI=1S/C21H24N6O3S/c1-13(19-25-20(22)27-21(26-19)23-14-7-5-4-6-8-14)31-12-18(28)24-16-11-15(29-2)9-10-17(16)30-3/h4-11,13H,12H2,1-3H3,(H,24,28)(H3,22,23,25,26,27). The molecule has 0 aliphatic heterocycles. The van der Waals surface area contributed by atoms with Gasteiger partial charge >= 0.3 is 0 Å². The van der Waals surface area contributed by atoms with Crippen LogP contribution >= 0.6 is 11.8 Å². The molecule has 0 saturated carbocycles. The van der Waals surface area contributed by atoms with Crippen LogP contribution in [0.5, 0.6) is 11.5 Å². The second-order valence-corrected chi connectivity index (χ2v) is 7.76. The average molecular weight is 441 g/mol. The lowest BCUT2D eigenvalue weighted by atomic mass is 10.2. The molecule has 2 aromatic carbocycles. The number of benzene rings is 2. The van der Waals surface area contributed by atoms with Crippen LogP contribution in [0.2, 0.25) is 0 Å². The minimum atomic E-state index is -0.187. The highest BCUT2D eigenvalue weighted by atomic mass is 32.2. The molecule has 3 aromatic rings. The molecular weight excluding hydrogens is 416 g/mol. The number of amides is 1. The first kappa shape index (κ1) is 22.2. The number of rotatable bonds is 9. The van der Waals surface area contributed by atoms with E-state index in [1.54, 1.807) is 32.4 Å². The van der Waals surface area contributed by atoms with Gasteiger partial charge in [-0.3, -0.25) is 4.79 Å². The predicted molar refractivity (Wildman–Crippen MR) is 123 cm³/mol. The summed E-state index contributed by atoms with van der Waals surface area (Å²) in [4.78, 5) is 25.3. The van der Waals surface area contributed by atoms with E-state index >= 15 is 0 Å². The molecule has 10 heteroatoms. The minimum absolute atomic E-state index is 0.112. The van der Waals surface area contributed by atoms with E-state index in [4.69, 9.17) is 15.2 Å². The molecule has 0 aliphatic carbocycles. The monoisotopic (exact) mass is 440 g/mol. The molecular formula is C21H24N6O3S. The van der Waals surface area contributed by atoms with Crippen molar-refractivity contribution < 1.29 is 14.3 Å². The lowest BCUT2D eigenvalue weighted by molar-refractivity contribution is -0.113. The molecule has 1 heterocycles. The average Bonchev–Trinajstić information content (AvgIpc) is 2.77. The Balaban J connectivity index is 1.63. The van der Waals surface area contributed by atoms with Crippen LogP contribution in [-0.4, -0.2) is 40.8 Å². The van der Waals surface area contributed by atoms with Gasteiger partial charge in [0.25, 0.3) is 0 Å². The van der Waals surface area contributed by atoms with Gasteiger partial charge in [0.05, 0.1) is 30.9 Å². The number of thioether (sulfide) groups is 1. The van der Waals surface area contributed by atoms with E-state index in [1.807, 2.05) is 37.3 Å². The molecule has 3 rings (SSSR count). The van der Waals surface area contributed by atoms with Gasteiger partial charge in [-0.05, 0) is 31.2 Å². The third-order valence-electron chi connectivity index (χ3n) is 4.21. The van der Waals surface area contributed by atoms with Crippen molar-refractivity contribution in [3.63, 3.8) is 0 Å². The molecule has 1 amide bonds. The number of carbonyl (C=O) groups excluding carboxylic acids is 1. The Morgan fingerprint density at radius 3 is 2.58 bits per heavy atom. The third-order valence-corrected chi connectivity index (χ3v) is 5.35. The number of ether oxygens (including phenoxy) is 2. The summed E-state index contributed by atoms with van der Waals surface area (Å²) in [6.07, 6.45) is 0. The van der Waals surface area contributed by atoms with Crippen molar-refractivity contribution in [1.82, 2.24) is 15.0 Å².